The van der Waals surface area contributed by atoms with Crippen LogP contribution < -0.4 is 10.2 Å². The second-order valence-electron chi connectivity index (χ2n) is 11.0. The highest BCUT2D eigenvalue weighted by Crippen LogP contribution is 2.55. The van der Waals surface area contributed by atoms with E-state index in [1.807, 2.05) is 18.2 Å². The number of nitrogens with zero attached hydrogens (tertiary/aromatic N) is 2. The number of benzene rings is 2. The molecule has 2 aliphatic carbocycles. The average molecular weight is 500 g/mol. The zero-order chi connectivity index (χ0) is 25.6. The van der Waals surface area contributed by atoms with E-state index < -0.39 is 6.10 Å². The maximum absolute atomic E-state index is 12.8. The first-order valence-electron chi connectivity index (χ1n) is 13.3. The summed E-state index contributed by atoms with van der Waals surface area (Å²) >= 11 is 0. The molecule has 0 bridgehead atoms. The van der Waals surface area contributed by atoms with E-state index in [1.54, 1.807) is 29.2 Å². The Hall–Kier alpha value is -3.45. The van der Waals surface area contributed by atoms with Gasteiger partial charge in [0.2, 0.25) is 0 Å². The molecule has 2 heterocycles. The largest absolute Gasteiger partial charge is 0.447 e. The van der Waals surface area contributed by atoms with Crippen LogP contribution in [0.3, 0.4) is 0 Å². The molecular formula is C30H33N3O4. The number of hydrogen-bond donors (Lipinski definition) is 2. The number of ether oxygens (including phenoxy) is 1. The van der Waals surface area contributed by atoms with Crippen molar-refractivity contribution < 1.29 is 19.4 Å². The minimum Gasteiger partial charge on any atom is -0.447 e. The van der Waals surface area contributed by atoms with Crippen LogP contribution in [0.2, 0.25) is 0 Å². The van der Waals surface area contributed by atoms with Crippen molar-refractivity contribution in [3.8, 4) is 0 Å². The number of aryl methyl sites for hydroxylation is 1. The zero-order valence-corrected chi connectivity index (χ0v) is 21.2. The second kappa shape index (κ2) is 9.45. The minimum atomic E-state index is -0.714. The Morgan fingerprint density at radius 3 is 2.76 bits per heavy atom. The van der Waals surface area contributed by atoms with E-state index >= 15 is 0 Å². The number of cyclic esters (lactones) is 1. The molecule has 2 fully saturated rings. The molecule has 2 aromatic carbocycles. The van der Waals surface area contributed by atoms with Gasteiger partial charge in [-0.3, -0.25) is 14.7 Å². The Bertz CT molecular complexity index is 1350. The van der Waals surface area contributed by atoms with Crippen LogP contribution in [0.5, 0.6) is 0 Å². The van der Waals surface area contributed by atoms with E-state index in [4.69, 9.17) is 9.72 Å². The summed E-state index contributed by atoms with van der Waals surface area (Å²) in [5.74, 6) is 0.586. The fourth-order valence-electron chi connectivity index (χ4n) is 5.77. The van der Waals surface area contributed by atoms with Crippen molar-refractivity contribution in [1.29, 1.82) is 0 Å². The lowest BCUT2D eigenvalue weighted by atomic mass is 9.77. The number of rotatable bonds is 7. The van der Waals surface area contributed by atoms with Crippen LogP contribution in [-0.4, -0.2) is 41.8 Å². The van der Waals surface area contributed by atoms with Crippen LogP contribution in [0.1, 0.15) is 65.9 Å². The smallest absolute Gasteiger partial charge is 0.414 e. The van der Waals surface area contributed by atoms with Crippen LogP contribution in [0.15, 0.2) is 48.5 Å². The van der Waals surface area contributed by atoms with Crippen LogP contribution >= 0.6 is 0 Å². The number of carbonyl (C=O) groups excluding carboxylic acids is 2. The number of pyridine rings is 1. The monoisotopic (exact) mass is 499 g/mol. The first kappa shape index (κ1) is 23.9. The predicted molar refractivity (Wildman–Crippen MR) is 142 cm³/mol. The Kier molecular flexibility index (Phi) is 6.11. The minimum absolute atomic E-state index is 0.155. The van der Waals surface area contributed by atoms with Crippen molar-refractivity contribution in [3.63, 3.8) is 0 Å². The van der Waals surface area contributed by atoms with Crippen molar-refractivity contribution in [1.82, 2.24) is 10.3 Å². The van der Waals surface area contributed by atoms with Crippen molar-refractivity contribution in [2.45, 2.75) is 51.6 Å². The lowest BCUT2D eigenvalue weighted by molar-refractivity contribution is 0.0942. The highest BCUT2D eigenvalue weighted by molar-refractivity contribution is 5.98. The van der Waals surface area contributed by atoms with Crippen molar-refractivity contribution in [2.24, 2.45) is 11.3 Å². The molecule has 37 heavy (non-hydrogen) atoms. The van der Waals surface area contributed by atoms with Gasteiger partial charge in [0.1, 0.15) is 6.61 Å². The van der Waals surface area contributed by atoms with E-state index in [-0.39, 0.29) is 12.0 Å². The molecule has 1 aliphatic heterocycles. The number of amides is 2. The molecule has 1 saturated carbocycles. The molecule has 7 nitrogen and oxygen atoms in total. The molecule has 1 aromatic heterocycles. The van der Waals surface area contributed by atoms with Crippen molar-refractivity contribution in [3.05, 3.63) is 70.9 Å². The number of hydrogen-bond acceptors (Lipinski definition) is 5. The third kappa shape index (κ3) is 4.80. The third-order valence-corrected chi connectivity index (χ3v) is 8.52. The van der Waals surface area contributed by atoms with Crippen LogP contribution in [-0.2, 0) is 17.6 Å². The zero-order valence-electron chi connectivity index (χ0n) is 21.2. The van der Waals surface area contributed by atoms with Gasteiger partial charge in [0.25, 0.3) is 5.91 Å². The van der Waals surface area contributed by atoms with Gasteiger partial charge in [-0.05, 0) is 97.4 Å². The fraction of sp³-hybridized carbons (Fsp3) is 0.433. The van der Waals surface area contributed by atoms with E-state index in [2.05, 4.69) is 18.3 Å². The van der Waals surface area contributed by atoms with Gasteiger partial charge in [-0.1, -0.05) is 19.1 Å². The molecule has 2 N–H and O–H groups in total. The van der Waals surface area contributed by atoms with Crippen molar-refractivity contribution in [2.75, 3.05) is 24.6 Å². The summed E-state index contributed by atoms with van der Waals surface area (Å²) in [5, 5.41) is 14.5. The quantitative estimate of drug-likeness (QED) is 0.480. The molecule has 3 aromatic rings. The highest BCUT2D eigenvalue weighted by atomic mass is 16.6. The van der Waals surface area contributed by atoms with E-state index in [0.29, 0.717) is 37.1 Å². The first-order valence-corrected chi connectivity index (χ1v) is 13.3. The number of aliphatic hydroxyl groups excluding tert-OH is 1. The molecule has 1 saturated heterocycles. The van der Waals surface area contributed by atoms with E-state index in [9.17, 15) is 14.7 Å². The molecule has 6 rings (SSSR count). The number of fused-ring (bicyclic) bond motifs is 2. The number of anilines is 1. The number of aromatic nitrogens is 1. The topological polar surface area (TPSA) is 91.8 Å². The van der Waals surface area contributed by atoms with Gasteiger partial charge < -0.3 is 15.2 Å². The lowest BCUT2D eigenvalue weighted by Gasteiger charge is -2.29. The average Bonchev–Trinajstić information content (AvgIpc) is 3.53. The van der Waals surface area contributed by atoms with Gasteiger partial charge in [-0.2, -0.15) is 0 Å². The Balaban J connectivity index is 1.06. The molecule has 0 unspecified atom stereocenters. The van der Waals surface area contributed by atoms with Crippen LogP contribution in [0, 0.1) is 11.3 Å². The fourth-order valence-corrected chi connectivity index (χ4v) is 5.77. The Morgan fingerprint density at radius 1 is 1.22 bits per heavy atom. The lowest BCUT2D eigenvalue weighted by Crippen LogP contribution is -2.26. The second-order valence-corrected chi connectivity index (χ2v) is 11.0. The maximum Gasteiger partial charge on any atom is 0.414 e. The number of nitrogens with one attached hydrogen (secondary N) is 1. The summed E-state index contributed by atoms with van der Waals surface area (Å²) in [6.45, 7) is 3.68. The molecule has 2 atom stereocenters. The first-order chi connectivity index (χ1) is 17.9. The molecule has 0 spiro atoms. The molecule has 0 radical (unpaired) electrons. The van der Waals surface area contributed by atoms with E-state index in [1.165, 1.54) is 30.5 Å². The summed E-state index contributed by atoms with van der Waals surface area (Å²) in [6.07, 6.45) is 5.37. The Labute approximate surface area is 216 Å². The molecule has 192 valence electrons. The van der Waals surface area contributed by atoms with Gasteiger partial charge in [0, 0.05) is 28.9 Å². The van der Waals surface area contributed by atoms with Gasteiger partial charge in [-0.15, -0.1) is 0 Å². The maximum atomic E-state index is 12.8. The molecule has 2 amide bonds. The molecular weight excluding hydrogens is 466 g/mol. The standard InChI is InChI=1S/C30H33N3O4/c1-30(11-12-30)23-5-9-26-22(18-23)17-21-16-20(4-8-25(21)32-26)28(35)31-13-10-27(34)19-2-6-24(7-3-19)33-14-15-37-29(33)36/h2-4,6-8,16-17,23,27,34H,5,9-15,18H2,1H3,(H,31,35)/t23-,27+/m0/s1. The molecule has 3 aliphatic rings. The molecule has 7 heteroatoms. The summed E-state index contributed by atoms with van der Waals surface area (Å²) in [6, 6.07) is 15.1. The summed E-state index contributed by atoms with van der Waals surface area (Å²) in [4.78, 5) is 31.0. The van der Waals surface area contributed by atoms with Crippen LogP contribution in [0.4, 0.5) is 10.5 Å². The summed E-state index contributed by atoms with van der Waals surface area (Å²) in [7, 11) is 0. The predicted octanol–water partition coefficient (Wildman–Crippen LogP) is 4.95. The summed E-state index contributed by atoms with van der Waals surface area (Å²) < 4.78 is 4.97. The Morgan fingerprint density at radius 2 is 2.03 bits per heavy atom. The normalized spacial score (nSPS) is 20.9. The van der Waals surface area contributed by atoms with Gasteiger partial charge in [-0.25, -0.2) is 4.79 Å². The number of aliphatic hydroxyl groups is 1. The highest BCUT2D eigenvalue weighted by Gasteiger charge is 2.45. The third-order valence-electron chi connectivity index (χ3n) is 8.52. The number of carbonyl (C=O) groups is 2. The van der Waals surface area contributed by atoms with Gasteiger partial charge in [0.15, 0.2) is 0 Å². The van der Waals surface area contributed by atoms with Gasteiger partial charge >= 0.3 is 6.09 Å². The van der Waals surface area contributed by atoms with E-state index in [0.717, 1.165) is 40.9 Å². The SMILES string of the molecule is CC1([C@H]2CCc3nc4ccc(C(=O)NCC[C@@H](O)c5ccc(N6CCOC6=O)cc5)cc4cc3C2)CC1. The van der Waals surface area contributed by atoms with Crippen molar-refractivity contribution >= 4 is 28.6 Å². The van der Waals surface area contributed by atoms with Gasteiger partial charge in [0.05, 0.1) is 18.2 Å². The summed E-state index contributed by atoms with van der Waals surface area (Å²) in [5.41, 5.74) is 6.10. The van der Waals surface area contributed by atoms with Crippen LogP contribution in [0.25, 0.3) is 10.9 Å².